The van der Waals surface area contributed by atoms with Crippen LogP contribution in [0.25, 0.3) is 0 Å². The lowest BCUT2D eigenvalue weighted by Crippen LogP contribution is -2.40. The van der Waals surface area contributed by atoms with Gasteiger partial charge in [0.1, 0.15) is 0 Å². The first-order valence-electron chi connectivity index (χ1n) is 10.5. The van der Waals surface area contributed by atoms with E-state index in [4.69, 9.17) is 4.84 Å². The van der Waals surface area contributed by atoms with Gasteiger partial charge in [-0.25, -0.2) is 0 Å². The van der Waals surface area contributed by atoms with Crippen molar-refractivity contribution in [3.63, 3.8) is 0 Å². The van der Waals surface area contributed by atoms with Crippen LogP contribution in [-0.4, -0.2) is 36.7 Å². The number of rotatable bonds is 6. The summed E-state index contributed by atoms with van der Waals surface area (Å²) < 4.78 is 0. The van der Waals surface area contributed by atoms with Crippen LogP contribution < -0.4 is 0 Å². The number of benzene rings is 2. The molecule has 0 N–H and O–H groups in total. The topological polar surface area (TPSA) is 41.9 Å². The fourth-order valence-electron chi connectivity index (χ4n) is 3.69. The first-order valence-corrected chi connectivity index (χ1v) is 10.5. The Morgan fingerprint density at radius 1 is 1.07 bits per heavy atom. The van der Waals surface area contributed by atoms with Gasteiger partial charge in [0, 0.05) is 13.1 Å². The zero-order valence-corrected chi connectivity index (χ0v) is 17.8. The zero-order chi connectivity index (χ0) is 20.7. The van der Waals surface area contributed by atoms with Gasteiger partial charge in [-0.15, -0.1) is 0 Å². The molecule has 2 aromatic carbocycles. The normalized spacial score (nSPS) is 15.6. The van der Waals surface area contributed by atoms with Gasteiger partial charge in [-0.1, -0.05) is 80.5 Å². The second kappa shape index (κ2) is 9.73. The maximum atomic E-state index is 12.4. The van der Waals surface area contributed by atoms with Crippen LogP contribution in [0.2, 0.25) is 0 Å². The molecular weight excluding hydrogens is 360 g/mol. The lowest BCUT2D eigenvalue weighted by Gasteiger charge is -2.31. The van der Waals surface area contributed by atoms with Crippen LogP contribution in [0.4, 0.5) is 0 Å². The fourth-order valence-corrected chi connectivity index (χ4v) is 3.69. The SMILES string of the molecule is CC(C)(C)c1ccc(/C=N\OCC(=O)N2CCC(Cc3ccccc3)CC2)cc1. The van der Waals surface area contributed by atoms with E-state index >= 15 is 0 Å². The second-order valence-corrected chi connectivity index (χ2v) is 8.89. The Labute approximate surface area is 174 Å². The van der Waals surface area contributed by atoms with Gasteiger partial charge in [-0.2, -0.15) is 0 Å². The Balaban J connectivity index is 1.38. The Bertz CT molecular complexity index is 799. The van der Waals surface area contributed by atoms with E-state index in [9.17, 15) is 4.79 Å². The van der Waals surface area contributed by atoms with Crippen LogP contribution in [0.3, 0.4) is 0 Å². The minimum Gasteiger partial charge on any atom is -0.386 e. The third-order valence-corrected chi connectivity index (χ3v) is 5.58. The molecule has 0 bridgehead atoms. The van der Waals surface area contributed by atoms with Crippen LogP contribution in [0.1, 0.15) is 50.3 Å². The monoisotopic (exact) mass is 392 g/mol. The summed E-state index contributed by atoms with van der Waals surface area (Å²) in [6.45, 7) is 8.18. The van der Waals surface area contributed by atoms with E-state index in [-0.39, 0.29) is 17.9 Å². The smallest absolute Gasteiger partial charge is 0.263 e. The first-order chi connectivity index (χ1) is 13.9. The predicted molar refractivity (Wildman–Crippen MR) is 118 cm³/mol. The number of carbonyl (C=O) groups excluding carboxylic acids is 1. The van der Waals surface area contributed by atoms with Gasteiger partial charge in [0.25, 0.3) is 5.91 Å². The largest absolute Gasteiger partial charge is 0.386 e. The van der Waals surface area contributed by atoms with E-state index in [0.29, 0.717) is 5.92 Å². The van der Waals surface area contributed by atoms with Gasteiger partial charge in [0.05, 0.1) is 6.21 Å². The number of likely N-dealkylation sites (tertiary alicyclic amines) is 1. The molecule has 4 heteroatoms. The molecule has 4 nitrogen and oxygen atoms in total. The van der Waals surface area contributed by atoms with Gasteiger partial charge in [-0.3, -0.25) is 4.79 Å². The van der Waals surface area contributed by atoms with Crippen molar-refractivity contribution in [1.82, 2.24) is 4.90 Å². The van der Waals surface area contributed by atoms with Crippen LogP contribution >= 0.6 is 0 Å². The quantitative estimate of drug-likeness (QED) is 0.523. The predicted octanol–water partition coefficient (Wildman–Crippen LogP) is 4.82. The lowest BCUT2D eigenvalue weighted by atomic mass is 9.87. The minimum atomic E-state index is -0.0000728. The third kappa shape index (κ3) is 6.45. The van der Waals surface area contributed by atoms with Crippen molar-refractivity contribution in [3.05, 3.63) is 71.3 Å². The standard InChI is InChI=1S/C25H32N2O2/c1-25(2,3)23-11-9-22(10-12-23)18-26-29-19-24(28)27-15-13-21(14-16-27)17-20-7-5-4-6-8-20/h4-12,18,21H,13-17,19H2,1-3H3/b26-18-. The highest BCUT2D eigenvalue weighted by Gasteiger charge is 2.23. The highest BCUT2D eigenvalue weighted by molar-refractivity contribution is 5.80. The third-order valence-electron chi connectivity index (χ3n) is 5.58. The first kappa shape index (κ1) is 21.1. The summed E-state index contributed by atoms with van der Waals surface area (Å²) >= 11 is 0. The molecule has 1 fully saturated rings. The summed E-state index contributed by atoms with van der Waals surface area (Å²) in [4.78, 5) is 19.5. The van der Waals surface area contributed by atoms with Crippen LogP contribution in [0.5, 0.6) is 0 Å². The molecule has 0 aliphatic carbocycles. The summed E-state index contributed by atoms with van der Waals surface area (Å²) in [5.41, 5.74) is 3.76. The van der Waals surface area contributed by atoms with Crippen LogP contribution in [0.15, 0.2) is 59.8 Å². The maximum Gasteiger partial charge on any atom is 0.263 e. The van der Waals surface area contributed by atoms with E-state index in [1.54, 1.807) is 6.21 Å². The Morgan fingerprint density at radius 2 is 1.72 bits per heavy atom. The van der Waals surface area contributed by atoms with Crippen LogP contribution in [0, 0.1) is 5.92 Å². The summed E-state index contributed by atoms with van der Waals surface area (Å²) in [6, 6.07) is 18.8. The van der Waals surface area contributed by atoms with E-state index < -0.39 is 0 Å². The molecular formula is C25H32N2O2. The Hall–Kier alpha value is -2.62. The van der Waals surface area contributed by atoms with Crippen molar-refractivity contribution >= 4 is 12.1 Å². The zero-order valence-electron chi connectivity index (χ0n) is 17.8. The van der Waals surface area contributed by atoms with E-state index in [1.165, 1.54) is 11.1 Å². The number of oxime groups is 1. The number of piperidine rings is 1. The number of nitrogens with zero attached hydrogens (tertiary/aromatic N) is 2. The van der Waals surface area contributed by atoms with Gasteiger partial charge in [0.15, 0.2) is 6.61 Å². The molecule has 0 spiro atoms. The Kier molecular flexibility index (Phi) is 7.08. The number of carbonyl (C=O) groups is 1. The van der Waals surface area contributed by atoms with Crippen molar-refractivity contribution in [1.29, 1.82) is 0 Å². The molecule has 0 radical (unpaired) electrons. The molecule has 1 aliphatic rings. The fraction of sp³-hybridized carbons (Fsp3) is 0.440. The molecule has 0 aromatic heterocycles. The Morgan fingerprint density at radius 3 is 2.34 bits per heavy atom. The molecule has 2 aromatic rings. The molecule has 1 saturated heterocycles. The van der Waals surface area contributed by atoms with Crippen molar-refractivity contribution in [2.45, 2.75) is 45.4 Å². The second-order valence-electron chi connectivity index (χ2n) is 8.89. The molecule has 0 saturated carbocycles. The molecule has 0 atom stereocenters. The van der Waals surface area contributed by atoms with E-state index in [0.717, 1.165) is 37.9 Å². The lowest BCUT2D eigenvalue weighted by molar-refractivity contribution is -0.137. The maximum absolute atomic E-state index is 12.4. The van der Waals surface area contributed by atoms with Gasteiger partial charge in [-0.05, 0) is 47.3 Å². The summed E-state index contributed by atoms with van der Waals surface area (Å²) in [5, 5.41) is 3.97. The molecule has 1 heterocycles. The van der Waals surface area contributed by atoms with Crippen molar-refractivity contribution in [3.8, 4) is 0 Å². The average molecular weight is 393 g/mol. The van der Waals surface area contributed by atoms with Gasteiger partial charge < -0.3 is 9.74 Å². The number of amides is 1. The summed E-state index contributed by atoms with van der Waals surface area (Å²) in [7, 11) is 0. The van der Waals surface area contributed by atoms with E-state index in [1.807, 2.05) is 23.1 Å². The summed E-state index contributed by atoms with van der Waals surface area (Å²) in [6.07, 6.45) is 4.84. The number of hydrogen-bond acceptors (Lipinski definition) is 3. The van der Waals surface area contributed by atoms with Gasteiger partial charge in [0.2, 0.25) is 0 Å². The highest BCUT2D eigenvalue weighted by atomic mass is 16.6. The average Bonchev–Trinajstić information content (AvgIpc) is 2.72. The molecule has 1 aliphatic heterocycles. The molecule has 3 rings (SSSR count). The molecule has 0 unspecified atom stereocenters. The highest BCUT2D eigenvalue weighted by Crippen LogP contribution is 2.22. The van der Waals surface area contributed by atoms with E-state index in [2.05, 4.69) is 62.3 Å². The molecule has 1 amide bonds. The molecule has 154 valence electrons. The van der Waals surface area contributed by atoms with Crippen molar-refractivity contribution in [2.75, 3.05) is 19.7 Å². The summed E-state index contributed by atoms with van der Waals surface area (Å²) in [5.74, 6) is 0.667. The van der Waals surface area contributed by atoms with Gasteiger partial charge >= 0.3 is 0 Å². The van der Waals surface area contributed by atoms with Crippen molar-refractivity contribution < 1.29 is 9.63 Å². The number of hydrogen-bond donors (Lipinski definition) is 0. The minimum absolute atomic E-state index is 0.0000728. The molecule has 29 heavy (non-hydrogen) atoms. The van der Waals surface area contributed by atoms with Crippen LogP contribution in [-0.2, 0) is 21.5 Å². The van der Waals surface area contributed by atoms with Crippen molar-refractivity contribution in [2.24, 2.45) is 11.1 Å².